The molecule has 1 aliphatic rings. The number of nitriles is 2. The third-order valence-corrected chi connectivity index (χ3v) is 15.9. The molecule has 0 radical (unpaired) electrons. The van der Waals surface area contributed by atoms with Gasteiger partial charge in [0.1, 0.15) is 4.32 Å². The molecule has 13 nitrogen and oxygen atoms in total. The lowest BCUT2D eigenvalue weighted by molar-refractivity contribution is -0.152. The zero-order valence-electron chi connectivity index (χ0n) is 40.3. The molecule has 0 spiro atoms. The Kier molecular flexibility index (Phi) is 20.4. The van der Waals surface area contributed by atoms with Crippen LogP contribution in [0.4, 0.5) is 0 Å². The fourth-order valence-electron chi connectivity index (χ4n) is 9.24. The first-order valence-electron chi connectivity index (χ1n) is 21.8. The van der Waals surface area contributed by atoms with Crippen LogP contribution >= 0.6 is 24.0 Å². The van der Waals surface area contributed by atoms with E-state index in [4.69, 9.17) is 25.1 Å². The standard InChI is InChI=1S/C48H75N7O6S2/c1-16-23-51-35(57)18-21-45(12,32-49)42(6,7)31-47(14,38(60)54-28-34(3)56)43(8,9)29-41(4,5)30-48(15,39(61)53-25-20-36(58)52-24-17-2)44(10,11)46(13,33-50)22-19-37(59)55-26-27-63-40(55)62/h1-2,34,56H,18-31H2,3-15H3,(H,51,57)(H,52,58)(H,53,61)(H,54,60). The molecule has 0 aliphatic carbocycles. The average molecular weight is 910 g/mol. The lowest BCUT2D eigenvalue weighted by Gasteiger charge is -2.55. The number of thiocarbonyl (C=S) groups is 1. The summed E-state index contributed by atoms with van der Waals surface area (Å²) >= 11 is 6.84. The second kappa shape index (κ2) is 22.7. The van der Waals surface area contributed by atoms with Gasteiger partial charge in [0.2, 0.25) is 29.5 Å². The molecule has 1 rings (SSSR count). The summed E-state index contributed by atoms with van der Waals surface area (Å²) in [6.45, 7) is 25.1. The third kappa shape index (κ3) is 14.2. The number of carbonyl (C=O) groups is 5. The van der Waals surface area contributed by atoms with Crippen molar-refractivity contribution < 1.29 is 29.1 Å². The van der Waals surface area contributed by atoms with E-state index in [1.54, 1.807) is 25.7 Å². The van der Waals surface area contributed by atoms with Crippen molar-refractivity contribution >= 4 is 57.8 Å². The number of terminal acetylenes is 2. The van der Waals surface area contributed by atoms with Crippen molar-refractivity contribution in [2.75, 3.05) is 38.5 Å². The summed E-state index contributed by atoms with van der Waals surface area (Å²) in [4.78, 5) is 69.5. The minimum absolute atomic E-state index is 0.00398. The number of aliphatic hydroxyl groups excluding tert-OH is 1. The summed E-state index contributed by atoms with van der Waals surface area (Å²) < 4.78 is 0.508. The number of nitrogens with zero attached hydrogens (tertiary/aromatic N) is 3. The van der Waals surface area contributed by atoms with Gasteiger partial charge in [0, 0.05) is 44.6 Å². The number of thioether (sulfide) groups is 1. The van der Waals surface area contributed by atoms with E-state index in [1.165, 1.54) is 11.8 Å². The van der Waals surface area contributed by atoms with E-state index in [2.05, 4.69) is 45.2 Å². The van der Waals surface area contributed by atoms with Gasteiger partial charge in [0.25, 0.3) is 0 Å². The molecule has 63 heavy (non-hydrogen) atoms. The Bertz CT molecular complexity index is 1870. The molecule has 1 saturated heterocycles. The molecule has 15 heteroatoms. The number of amides is 5. The highest BCUT2D eigenvalue weighted by Gasteiger charge is 2.60. The van der Waals surface area contributed by atoms with Crippen LogP contribution in [0.25, 0.3) is 0 Å². The van der Waals surface area contributed by atoms with Gasteiger partial charge < -0.3 is 26.4 Å². The normalized spacial score (nSPS) is 17.7. The van der Waals surface area contributed by atoms with Crippen LogP contribution in [-0.2, 0) is 24.0 Å². The van der Waals surface area contributed by atoms with Gasteiger partial charge in [-0.15, -0.1) is 12.8 Å². The second-order valence-corrected chi connectivity index (χ2v) is 22.6. The summed E-state index contributed by atoms with van der Waals surface area (Å²) in [6.07, 6.45) is 11.1. The predicted molar refractivity (Wildman–Crippen MR) is 254 cm³/mol. The lowest BCUT2D eigenvalue weighted by atomic mass is 9.47. The highest BCUT2D eigenvalue weighted by atomic mass is 32.2. The van der Waals surface area contributed by atoms with Crippen LogP contribution in [0.3, 0.4) is 0 Å². The first kappa shape index (κ1) is 56.9. The minimum atomic E-state index is -1.29. The topological polar surface area (TPSA) is 205 Å². The molecule has 1 aliphatic heterocycles. The molecular formula is C48H75N7O6S2. The number of nitrogens with one attached hydrogen (secondary N) is 4. The quantitative estimate of drug-likeness (QED) is 0.0514. The molecule has 0 aromatic rings. The van der Waals surface area contributed by atoms with Gasteiger partial charge in [-0.25, -0.2) is 0 Å². The molecule has 5 amide bonds. The highest BCUT2D eigenvalue weighted by molar-refractivity contribution is 8.23. The number of aliphatic hydroxyl groups is 1. The molecule has 0 saturated carbocycles. The number of rotatable bonds is 25. The minimum Gasteiger partial charge on any atom is -0.392 e. The van der Waals surface area contributed by atoms with Crippen molar-refractivity contribution in [3.05, 3.63) is 0 Å². The summed E-state index contributed by atoms with van der Waals surface area (Å²) in [5.74, 6) is 3.98. The first-order chi connectivity index (χ1) is 28.8. The van der Waals surface area contributed by atoms with Crippen LogP contribution in [0, 0.1) is 90.7 Å². The van der Waals surface area contributed by atoms with Crippen molar-refractivity contribution in [2.24, 2.45) is 43.3 Å². The van der Waals surface area contributed by atoms with E-state index in [-0.39, 0.29) is 101 Å². The average Bonchev–Trinajstić information content (AvgIpc) is 3.63. The smallest absolute Gasteiger partial charge is 0.228 e. The highest BCUT2D eigenvalue weighted by Crippen LogP contribution is 2.61. The number of hydrogen-bond acceptors (Lipinski definition) is 10. The van der Waals surface area contributed by atoms with Crippen LogP contribution in [0.1, 0.15) is 141 Å². The lowest BCUT2D eigenvalue weighted by Crippen LogP contribution is -2.57. The van der Waals surface area contributed by atoms with Gasteiger partial charge in [-0.1, -0.05) is 105 Å². The Morgan fingerprint density at radius 3 is 1.71 bits per heavy atom. The predicted octanol–water partition coefficient (Wildman–Crippen LogP) is 6.26. The molecule has 0 bridgehead atoms. The zero-order valence-corrected chi connectivity index (χ0v) is 41.9. The largest absolute Gasteiger partial charge is 0.392 e. The van der Waals surface area contributed by atoms with Crippen LogP contribution < -0.4 is 21.3 Å². The maximum Gasteiger partial charge on any atom is 0.228 e. The summed E-state index contributed by atoms with van der Waals surface area (Å²) in [6, 6.07) is 4.96. The van der Waals surface area contributed by atoms with Crippen LogP contribution in [0.2, 0.25) is 0 Å². The Morgan fingerprint density at radius 2 is 1.24 bits per heavy atom. The van der Waals surface area contributed by atoms with E-state index >= 15 is 0 Å². The van der Waals surface area contributed by atoms with Gasteiger partial charge in [0.05, 0.1) is 53.0 Å². The molecule has 350 valence electrons. The monoisotopic (exact) mass is 910 g/mol. The zero-order chi connectivity index (χ0) is 48.9. The van der Waals surface area contributed by atoms with Gasteiger partial charge >= 0.3 is 0 Å². The maximum atomic E-state index is 14.8. The third-order valence-electron chi connectivity index (χ3n) is 14.5. The molecule has 5 atom stereocenters. The Balaban J connectivity index is 3.84. The van der Waals surface area contributed by atoms with E-state index in [0.717, 1.165) is 0 Å². The van der Waals surface area contributed by atoms with Gasteiger partial charge in [-0.2, -0.15) is 10.5 Å². The summed E-state index contributed by atoms with van der Waals surface area (Å²) in [5, 5.41) is 43.0. The van der Waals surface area contributed by atoms with E-state index in [1.807, 2.05) is 69.2 Å². The Morgan fingerprint density at radius 1 is 0.730 bits per heavy atom. The van der Waals surface area contributed by atoms with Crippen molar-refractivity contribution in [1.82, 2.24) is 26.2 Å². The van der Waals surface area contributed by atoms with Gasteiger partial charge in [-0.05, 0) is 74.5 Å². The van der Waals surface area contributed by atoms with Crippen LogP contribution in [0.15, 0.2) is 0 Å². The van der Waals surface area contributed by atoms with Crippen LogP contribution in [0.5, 0.6) is 0 Å². The molecule has 1 heterocycles. The van der Waals surface area contributed by atoms with E-state index in [0.29, 0.717) is 23.0 Å². The molecule has 1 fully saturated rings. The number of hydrogen-bond donors (Lipinski definition) is 5. The van der Waals surface area contributed by atoms with Gasteiger partial charge in [-0.3, -0.25) is 28.9 Å². The van der Waals surface area contributed by atoms with Crippen molar-refractivity contribution in [3.63, 3.8) is 0 Å². The number of carbonyl (C=O) groups excluding carboxylic acids is 5. The van der Waals surface area contributed by atoms with E-state index < -0.39 is 49.4 Å². The summed E-state index contributed by atoms with van der Waals surface area (Å²) in [7, 11) is 0. The molecule has 5 N–H and O–H groups in total. The molecule has 0 aromatic heterocycles. The summed E-state index contributed by atoms with van der Waals surface area (Å²) in [5.41, 5.74) is -8.22. The maximum absolute atomic E-state index is 14.8. The van der Waals surface area contributed by atoms with Gasteiger partial charge in [0.15, 0.2) is 0 Å². The molecule has 5 unspecified atom stereocenters. The fraction of sp³-hybridized carbons (Fsp3) is 0.750. The van der Waals surface area contributed by atoms with Crippen molar-refractivity contribution in [2.45, 2.75) is 147 Å². The van der Waals surface area contributed by atoms with Crippen molar-refractivity contribution in [1.29, 1.82) is 10.5 Å². The molecular weight excluding hydrogens is 835 g/mol. The molecule has 0 aromatic carbocycles. The second-order valence-electron chi connectivity index (χ2n) is 20.8. The van der Waals surface area contributed by atoms with Crippen molar-refractivity contribution in [3.8, 4) is 36.8 Å². The first-order valence-corrected chi connectivity index (χ1v) is 23.2. The van der Waals surface area contributed by atoms with E-state index in [9.17, 15) is 39.6 Å². The van der Waals surface area contributed by atoms with Crippen LogP contribution in [-0.4, -0.2) is 88.4 Å². The Labute approximate surface area is 388 Å². The fourth-order valence-corrected chi connectivity index (χ4v) is 10.5. The SMILES string of the molecule is C#CCNC(=O)CCNC(=O)C(C)(CC(C)(C)CC(C)(C)C(C)(CC(C)(C)C(C)(C#N)CCC(=O)NCC#C)C(=O)NCC(C)O)C(C)(C)C(C)(C#N)CCC(=O)N1CCSC1=S. The Hall–Kier alpha value is -4.15.